The lowest BCUT2D eigenvalue weighted by molar-refractivity contribution is -0.115. The highest BCUT2D eigenvalue weighted by Gasteiger charge is 2.19. The van der Waals surface area contributed by atoms with Crippen LogP contribution in [0.15, 0.2) is 72.8 Å². The second-order valence-corrected chi connectivity index (χ2v) is 5.87. The van der Waals surface area contributed by atoms with E-state index >= 15 is 0 Å². The van der Waals surface area contributed by atoms with Crippen LogP contribution in [0.1, 0.15) is 21.5 Å². The quantitative estimate of drug-likeness (QED) is 0.730. The zero-order valence-electron chi connectivity index (χ0n) is 13.4. The van der Waals surface area contributed by atoms with Gasteiger partial charge in [0.25, 0.3) is 0 Å². The molecule has 0 fully saturated rings. The Bertz CT molecular complexity index is 947. The molecule has 0 bridgehead atoms. The van der Waals surface area contributed by atoms with Crippen LogP contribution in [0.5, 0.6) is 11.5 Å². The first-order valence-electron chi connectivity index (χ1n) is 7.99. The second-order valence-electron chi connectivity index (χ2n) is 5.87. The number of carbonyl (C=O) groups is 2. The third-order valence-corrected chi connectivity index (χ3v) is 4.09. The fourth-order valence-corrected chi connectivity index (χ4v) is 2.82. The number of nitrogens with one attached hydrogen (secondary N) is 1. The van der Waals surface area contributed by atoms with Crippen LogP contribution in [0.3, 0.4) is 0 Å². The van der Waals surface area contributed by atoms with Gasteiger partial charge in [0, 0.05) is 16.8 Å². The molecule has 0 saturated heterocycles. The first-order valence-corrected chi connectivity index (χ1v) is 7.99. The van der Waals surface area contributed by atoms with Gasteiger partial charge in [-0.25, -0.2) is 0 Å². The molecule has 4 nitrogen and oxygen atoms in total. The molecule has 4 rings (SSSR count). The molecule has 0 spiro atoms. The Labute approximate surface area is 145 Å². The van der Waals surface area contributed by atoms with E-state index in [4.69, 9.17) is 4.74 Å². The summed E-state index contributed by atoms with van der Waals surface area (Å²) in [7, 11) is 0. The fraction of sp³-hybridized carbons (Fsp3) is 0.0476. The summed E-state index contributed by atoms with van der Waals surface area (Å²) in [6, 6.07) is 21.8. The monoisotopic (exact) mass is 329 g/mol. The molecule has 0 saturated carbocycles. The third-order valence-electron chi connectivity index (χ3n) is 4.09. The van der Waals surface area contributed by atoms with Gasteiger partial charge in [-0.3, -0.25) is 9.59 Å². The molecular formula is C21H15NO3. The van der Waals surface area contributed by atoms with E-state index in [1.165, 1.54) is 0 Å². The maximum atomic E-state index is 12.6. The van der Waals surface area contributed by atoms with E-state index in [9.17, 15) is 9.59 Å². The first kappa shape index (κ1) is 15.1. The van der Waals surface area contributed by atoms with Gasteiger partial charge in [-0.1, -0.05) is 30.3 Å². The van der Waals surface area contributed by atoms with Crippen molar-refractivity contribution >= 4 is 17.4 Å². The van der Waals surface area contributed by atoms with E-state index in [0.29, 0.717) is 23.3 Å². The highest BCUT2D eigenvalue weighted by atomic mass is 16.5. The maximum absolute atomic E-state index is 12.6. The van der Waals surface area contributed by atoms with E-state index in [1.54, 1.807) is 36.4 Å². The minimum atomic E-state index is -0.0878. The number of para-hydroxylation sites is 1. The van der Waals surface area contributed by atoms with Gasteiger partial charge < -0.3 is 10.1 Å². The molecule has 3 aromatic carbocycles. The minimum absolute atomic E-state index is 0.0398. The molecule has 1 aliphatic rings. The normalized spacial score (nSPS) is 12.4. The van der Waals surface area contributed by atoms with Crippen molar-refractivity contribution in [2.45, 2.75) is 6.42 Å². The first-order chi connectivity index (χ1) is 12.2. The van der Waals surface area contributed by atoms with Crippen LogP contribution >= 0.6 is 0 Å². The molecule has 0 aromatic heterocycles. The van der Waals surface area contributed by atoms with Crippen molar-refractivity contribution in [3.63, 3.8) is 0 Å². The number of rotatable bonds is 4. The molecule has 25 heavy (non-hydrogen) atoms. The van der Waals surface area contributed by atoms with Gasteiger partial charge in [0.2, 0.25) is 5.91 Å². The van der Waals surface area contributed by atoms with Crippen LogP contribution in [0, 0.1) is 0 Å². The van der Waals surface area contributed by atoms with Crippen molar-refractivity contribution in [1.82, 2.24) is 0 Å². The average molecular weight is 329 g/mol. The van der Waals surface area contributed by atoms with Crippen LogP contribution in [0.2, 0.25) is 0 Å². The Morgan fingerprint density at radius 2 is 1.52 bits per heavy atom. The van der Waals surface area contributed by atoms with Gasteiger partial charge in [0.15, 0.2) is 5.78 Å². The summed E-state index contributed by atoms with van der Waals surface area (Å²) in [6.07, 6.45) is 0.370. The van der Waals surface area contributed by atoms with Crippen molar-refractivity contribution in [3.05, 3.63) is 89.5 Å². The van der Waals surface area contributed by atoms with Gasteiger partial charge >= 0.3 is 0 Å². The zero-order valence-corrected chi connectivity index (χ0v) is 13.4. The van der Waals surface area contributed by atoms with E-state index < -0.39 is 0 Å². The molecule has 4 heteroatoms. The Morgan fingerprint density at radius 3 is 2.28 bits per heavy atom. The lowest BCUT2D eigenvalue weighted by Crippen LogP contribution is -2.04. The number of fused-ring (bicyclic) bond motifs is 1. The van der Waals surface area contributed by atoms with Crippen LogP contribution in [-0.2, 0) is 11.2 Å². The van der Waals surface area contributed by atoms with Crippen molar-refractivity contribution in [1.29, 1.82) is 0 Å². The summed E-state index contributed by atoms with van der Waals surface area (Å²) in [6.45, 7) is 0. The molecule has 1 aliphatic heterocycles. The van der Waals surface area contributed by atoms with Gasteiger partial charge in [0.1, 0.15) is 11.5 Å². The topological polar surface area (TPSA) is 55.4 Å². The molecule has 1 heterocycles. The summed E-state index contributed by atoms with van der Waals surface area (Å²) in [5.41, 5.74) is 2.77. The maximum Gasteiger partial charge on any atom is 0.228 e. The average Bonchev–Trinajstić information content (AvgIpc) is 3.02. The van der Waals surface area contributed by atoms with Crippen molar-refractivity contribution in [2.75, 3.05) is 5.32 Å². The largest absolute Gasteiger partial charge is 0.457 e. The van der Waals surface area contributed by atoms with Gasteiger partial charge in [0.05, 0.1) is 6.42 Å². The Morgan fingerprint density at radius 1 is 0.840 bits per heavy atom. The Balaban J connectivity index is 1.53. The lowest BCUT2D eigenvalue weighted by Gasteiger charge is -2.07. The van der Waals surface area contributed by atoms with Crippen LogP contribution in [0.4, 0.5) is 5.69 Å². The molecular weight excluding hydrogens is 314 g/mol. The van der Waals surface area contributed by atoms with Gasteiger partial charge in [-0.05, 0) is 48.0 Å². The second kappa shape index (κ2) is 6.24. The van der Waals surface area contributed by atoms with Crippen molar-refractivity contribution < 1.29 is 14.3 Å². The number of benzene rings is 3. The van der Waals surface area contributed by atoms with E-state index in [1.807, 2.05) is 36.4 Å². The summed E-state index contributed by atoms with van der Waals surface area (Å²) in [5.74, 6) is 1.29. The standard InChI is InChI=1S/C21H15NO3/c23-20-13-15-6-7-16(12-19(15)22-20)21(24)14-8-10-18(11-9-14)25-17-4-2-1-3-5-17/h1-12H,13H2,(H,22,23). The molecule has 1 amide bonds. The SMILES string of the molecule is O=C1Cc2ccc(C(=O)c3ccc(Oc4ccccc4)cc3)cc2N1. The lowest BCUT2D eigenvalue weighted by atomic mass is 10.0. The van der Waals surface area contributed by atoms with Crippen LogP contribution in [0.25, 0.3) is 0 Å². The third kappa shape index (κ3) is 3.15. The summed E-state index contributed by atoms with van der Waals surface area (Å²) in [5, 5.41) is 2.77. The predicted octanol–water partition coefficient (Wildman–Crippen LogP) is 4.20. The van der Waals surface area contributed by atoms with E-state index in [2.05, 4.69) is 5.32 Å². The van der Waals surface area contributed by atoms with E-state index in [0.717, 1.165) is 17.0 Å². The molecule has 0 radical (unpaired) electrons. The predicted molar refractivity (Wildman–Crippen MR) is 95.2 cm³/mol. The van der Waals surface area contributed by atoms with Gasteiger partial charge in [-0.2, -0.15) is 0 Å². The van der Waals surface area contributed by atoms with E-state index in [-0.39, 0.29) is 11.7 Å². The number of hydrogen-bond donors (Lipinski definition) is 1. The molecule has 0 aliphatic carbocycles. The highest BCUT2D eigenvalue weighted by Crippen LogP contribution is 2.26. The summed E-state index contributed by atoms with van der Waals surface area (Å²) < 4.78 is 5.73. The summed E-state index contributed by atoms with van der Waals surface area (Å²) in [4.78, 5) is 24.1. The minimum Gasteiger partial charge on any atom is -0.457 e. The fourth-order valence-electron chi connectivity index (χ4n) is 2.82. The number of hydrogen-bond acceptors (Lipinski definition) is 3. The number of anilines is 1. The number of ether oxygens (including phenoxy) is 1. The Kier molecular flexibility index (Phi) is 3.78. The van der Waals surface area contributed by atoms with Gasteiger partial charge in [-0.15, -0.1) is 0 Å². The zero-order chi connectivity index (χ0) is 17.2. The highest BCUT2D eigenvalue weighted by molar-refractivity contribution is 6.10. The molecule has 3 aromatic rings. The number of amides is 1. The molecule has 0 atom stereocenters. The van der Waals surface area contributed by atoms with Crippen molar-refractivity contribution in [2.24, 2.45) is 0 Å². The van der Waals surface area contributed by atoms with Crippen molar-refractivity contribution in [3.8, 4) is 11.5 Å². The number of ketones is 1. The summed E-state index contributed by atoms with van der Waals surface area (Å²) >= 11 is 0. The van der Waals surface area contributed by atoms with Crippen LogP contribution < -0.4 is 10.1 Å². The molecule has 0 unspecified atom stereocenters. The smallest absolute Gasteiger partial charge is 0.228 e. The molecule has 1 N–H and O–H groups in total. The number of carbonyl (C=O) groups excluding carboxylic acids is 2. The Hall–Kier alpha value is -3.40. The van der Waals surface area contributed by atoms with Crippen LogP contribution in [-0.4, -0.2) is 11.7 Å². The molecule has 122 valence electrons.